The summed E-state index contributed by atoms with van der Waals surface area (Å²) in [6.07, 6.45) is 0. The topological polar surface area (TPSA) is 47.6 Å². The molecule has 0 radical (unpaired) electrons. The molecule has 1 aromatic rings. The predicted octanol–water partition coefficient (Wildman–Crippen LogP) is 1.72. The Bertz CT molecular complexity index is 379. The summed E-state index contributed by atoms with van der Waals surface area (Å²) in [6, 6.07) is 3.22. The van der Waals surface area contributed by atoms with Crippen LogP contribution < -0.4 is 14.8 Å². The van der Waals surface area contributed by atoms with Crippen molar-refractivity contribution < 1.29 is 14.3 Å². The summed E-state index contributed by atoms with van der Waals surface area (Å²) < 4.78 is 10.1. The second-order valence-electron chi connectivity index (χ2n) is 2.74. The molecule has 0 aliphatic heterocycles. The van der Waals surface area contributed by atoms with Gasteiger partial charge < -0.3 is 14.8 Å². The Morgan fingerprint density at radius 1 is 1.33 bits per heavy atom. The molecular weight excluding hydrogens is 218 g/mol. The Morgan fingerprint density at radius 2 is 2.00 bits per heavy atom. The van der Waals surface area contributed by atoms with Crippen molar-refractivity contribution >= 4 is 17.5 Å². The van der Waals surface area contributed by atoms with Gasteiger partial charge in [-0.2, -0.15) is 0 Å². The van der Waals surface area contributed by atoms with Gasteiger partial charge in [0.1, 0.15) is 0 Å². The molecule has 0 unspecified atom stereocenters. The number of hydrogen-bond donors (Lipinski definition) is 1. The van der Waals surface area contributed by atoms with Crippen LogP contribution in [-0.2, 0) is 0 Å². The zero-order valence-corrected chi connectivity index (χ0v) is 9.51. The van der Waals surface area contributed by atoms with Gasteiger partial charge in [-0.3, -0.25) is 4.79 Å². The summed E-state index contributed by atoms with van der Waals surface area (Å²) in [5.41, 5.74) is 0.358. The number of amides is 1. The number of rotatable bonds is 3. The second-order valence-corrected chi connectivity index (χ2v) is 3.12. The molecule has 0 saturated heterocycles. The Hall–Kier alpha value is -1.42. The van der Waals surface area contributed by atoms with Crippen LogP contribution in [0.2, 0.25) is 5.02 Å². The van der Waals surface area contributed by atoms with Crippen LogP contribution in [0.1, 0.15) is 10.4 Å². The Balaban J connectivity index is 3.29. The number of carbonyl (C=O) groups is 1. The highest BCUT2D eigenvalue weighted by atomic mass is 35.5. The molecule has 0 saturated carbocycles. The molecule has 1 rings (SSSR count). The normalized spacial score (nSPS) is 9.60. The number of carbonyl (C=O) groups excluding carboxylic acids is 1. The van der Waals surface area contributed by atoms with E-state index in [0.717, 1.165) is 0 Å². The molecule has 1 aromatic carbocycles. The third-order valence-corrected chi connectivity index (χ3v) is 2.33. The highest BCUT2D eigenvalue weighted by Gasteiger charge is 2.16. The lowest BCUT2D eigenvalue weighted by Crippen LogP contribution is -2.18. The van der Waals surface area contributed by atoms with E-state index in [2.05, 4.69) is 5.32 Å². The quantitative estimate of drug-likeness (QED) is 0.859. The maximum absolute atomic E-state index is 11.4. The first-order chi connectivity index (χ1) is 7.15. The molecule has 82 valence electrons. The first-order valence-electron chi connectivity index (χ1n) is 4.28. The summed E-state index contributed by atoms with van der Waals surface area (Å²) in [5.74, 6) is 0.594. The van der Waals surface area contributed by atoms with Crippen molar-refractivity contribution in [2.75, 3.05) is 21.3 Å². The van der Waals surface area contributed by atoms with Crippen molar-refractivity contribution in [2.45, 2.75) is 0 Å². The highest BCUT2D eigenvalue weighted by molar-refractivity contribution is 6.35. The second kappa shape index (κ2) is 4.89. The number of ether oxygens (including phenoxy) is 2. The molecule has 0 spiro atoms. The van der Waals surface area contributed by atoms with Crippen LogP contribution in [0.15, 0.2) is 12.1 Å². The zero-order valence-electron chi connectivity index (χ0n) is 8.76. The van der Waals surface area contributed by atoms with E-state index >= 15 is 0 Å². The molecule has 4 nitrogen and oxygen atoms in total. The SMILES string of the molecule is CNC(=O)c1ccc(OC)c(OC)c1Cl. The minimum atomic E-state index is -0.263. The summed E-state index contributed by atoms with van der Waals surface area (Å²) >= 11 is 6.00. The van der Waals surface area contributed by atoms with Gasteiger partial charge in [-0.1, -0.05) is 11.6 Å². The zero-order chi connectivity index (χ0) is 11.4. The predicted molar refractivity (Wildman–Crippen MR) is 57.9 cm³/mol. The van der Waals surface area contributed by atoms with Gasteiger partial charge in [-0.25, -0.2) is 0 Å². The standard InChI is InChI=1S/C10H12ClNO3/c1-12-10(13)6-4-5-7(14-2)9(15-3)8(6)11/h4-5H,1-3H3,(H,12,13). The number of halogens is 1. The molecule has 0 aromatic heterocycles. The van der Waals surface area contributed by atoms with Crippen molar-refractivity contribution in [1.82, 2.24) is 5.32 Å². The summed E-state index contributed by atoms with van der Waals surface area (Å²) in [6.45, 7) is 0. The lowest BCUT2D eigenvalue weighted by atomic mass is 10.2. The molecule has 15 heavy (non-hydrogen) atoms. The largest absolute Gasteiger partial charge is 0.493 e. The van der Waals surface area contributed by atoms with Crippen LogP contribution in [0.25, 0.3) is 0 Å². The first kappa shape index (κ1) is 11.7. The molecule has 0 heterocycles. The molecule has 0 aliphatic carbocycles. The van der Waals surface area contributed by atoms with Gasteiger partial charge in [-0.15, -0.1) is 0 Å². The van der Waals surface area contributed by atoms with Gasteiger partial charge in [-0.05, 0) is 12.1 Å². The van der Waals surface area contributed by atoms with Gasteiger partial charge >= 0.3 is 0 Å². The molecule has 5 heteroatoms. The van der Waals surface area contributed by atoms with Crippen molar-refractivity contribution in [2.24, 2.45) is 0 Å². The summed E-state index contributed by atoms with van der Waals surface area (Å²) in [7, 11) is 4.51. The van der Waals surface area contributed by atoms with Gasteiger partial charge in [0.2, 0.25) is 0 Å². The van der Waals surface area contributed by atoms with Gasteiger partial charge in [0.15, 0.2) is 11.5 Å². The Kier molecular flexibility index (Phi) is 3.80. The Labute approximate surface area is 93.1 Å². The lowest BCUT2D eigenvalue weighted by Gasteiger charge is -2.11. The number of methoxy groups -OCH3 is 2. The van der Waals surface area contributed by atoms with Crippen LogP contribution in [0, 0.1) is 0 Å². The van der Waals surface area contributed by atoms with Crippen LogP contribution in [0.5, 0.6) is 11.5 Å². The van der Waals surface area contributed by atoms with Crippen LogP contribution in [0.4, 0.5) is 0 Å². The van der Waals surface area contributed by atoms with E-state index < -0.39 is 0 Å². The minimum absolute atomic E-state index is 0.246. The fourth-order valence-corrected chi connectivity index (χ4v) is 1.52. The average molecular weight is 230 g/mol. The average Bonchev–Trinajstić information content (AvgIpc) is 2.27. The Morgan fingerprint density at radius 3 is 2.47 bits per heavy atom. The maximum atomic E-state index is 11.4. The number of nitrogens with one attached hydrogen (secondary N) is 1. The van der Waals surface area contributed by atoms with E-state index in [1.807, 2.05) is 0 Å². The van der Waals surface area contributed by atoms with Gasteiger partial charge in [0.25, 0.3) is 5.91 Å². The van der Waals surface area contributed by atoms with E-state index in [9.17, 15) is 4.79 Å². The van der Waals surface area contributed by atoms with E-state index in [-0.39, 0.29) is 10.9 Å². The third kappa shape index (κ3) is 2.15. The van der Waals surface area contributed by atoms with Gasteiger partial charge in [0.05, 0.1) is 24.8 Å². The van der Waals surface area contributed by atoms with Gasteiger partial charge in [0, 0.05) is 7.05 Å². The third-order valence-electron chi connectivity index (χ3n) is 1.96. The van der Waals surface area contributed by atoms with Crippen LogP contribution in [0.3, 0.4) is 0 Å². The van der Waals surface area contributed by atoms with Crippen LogP contribution in [-0.4, -0.2) is 27.2 Å². The molecule has 1 amide bonds. The van der Waals surface area contributed by atoms with Crippen molar-refractivity contribution in [3.8, 4) is 11.5 Å². The molecule has 0 aliphatic rings. The van der Waals surface area contributed by atoms with E-state index in [4.69, 9.17) is 21.1 Å². The number of benzene rings is 1. The smallest absolute Gasteiger partial charge is 0.252 e. The maximum Gasteiger partial charge on any atom is 0.252 e. The summed E-state index contributed by atoms with van der Waals surface area (Å²) in [5, 5.41) is 2.74. The molecule has 1 N–H and O–H groups in total. The van der Waals surface area contributed by atoms with Crippen molar-refractivity contribution in [1.29, 1.82) is 0 Å². The lowest BCUT2D eigenvalue weighted by molar-refractivity contribution is 0.0963. The number of hydrogen-bond acceptors (Lipinski definition) is 3. The molecular formula is C10H12ClNO3. The van der Waals surface area contributed by atoms with Crippen LogP contribution >= 0.6 is 11.6 Å². The van der Waals surface area contributed by atoms with E-state index in [1.54, 1.807) is 12.1 Å². The summed E-state index contributed by atoms with van der Waals surface area (Å²) in [4.78, 5) is 11.4. The van der Waals surface area contributed by atoms with Crippen molar-refractivity contribution in [3.63, 3.8) is 0 Å². The van der Waals surface area contributed by atoms with Crippen molar-refractivity contribution in [3.05, 3.63) is 22.7 Å². The molecule has 0 atom stereocenters. The fraction of sp³-hybridized carbons (Fsp3) is 0.300. The molecule has 0 bridgehead atoms. The van der Waals surface area contributed by atoms with E-state index in [0.29, 0.717) is 17.1 Å². The minimum Gasteiger partial charge on any atom is -0.493 e. The fourth-order valence-electron chi connectivity index (χ4n) is 1.20. The first-order valence-corrected chi connectivity index (χ1v) is 4.66. The molecule has 0 fully saturated rings. The monoisotopic (exact) mass is 229 g/mol. The van der Waals surface area contributed by atoms with E-state index in [1.165, 1.54) is 21.3 Å². The highest BCUT2D eigenvalue weighted by Crippen LogP contribution is 2.37.